The first-order chi connectivity index (χ1) is 13.4. The Morgan fingerprint density at radius 2 is 1.46 bits per heavy atom. The van der Waals surface area contributed by atoms with Gasteiger partial charge in [-0.2, -0.15) is 0 Å². The van der Waals surface area contributed by atoms with Crippen LogP contribution in [0.4, 0.5) is 0 Å². The minimum atomic E-state index is -0.520. The van der Waals surface area contributed by atoms with Crippen molar-refractivity contribution in [3.8, 4) is 0 Å². The molecule has 1 rings (SSSR count). The summed E-state index contributed by atoms with van der Waals surface area (Å²) in [6, 6.07) is 7.10. The maximum absolute atomic E-state index is 11.3. The van der Waals surface area contributed by atoms with E-state index in [9.17, 15) is 4.79 Å². The summed E-state index contributed by atoms with van der Waals surface area (Å²) in [5, 5.41) is 15.5. The SMILES string of the molecule is CON=C(C)C(=NOC)C(C)=NOCc1ccccc1C(=NOC)OC(C)=O. The smallest absolute Gasteiger partial charge is 0.309 e. The molecule has 10 heteroatoms. The number of benzene rings is 1. The molecule has 1 aromatic carbocycles. The molecule has 0 aliphatic carbocycles. The van der Waals surface area contributed by atoms with Gasteiger partial charge in [-0.05, 0) is 25.1 Å². The van der Waals surface area contributed by atoms with Crippen molar-refractivity contribution in [3.05, 3.63) is 35.4 Å². The van der Waals surface area contributed by atoms with Gasteiger partial charge >= 0.3 is 5.97 Å². The molecule has 0 radical (unpaired) electrons. The summed E-state index contributed by atoms with van der Waals surface area (Å²) in [6.45, 7) is 4.74. The van der Waals surface area contributed by atoms with E-state index in [1.54, 1.807) is 32.0 Å². The number of oxime groups is 4. The van der Waals surface area contributed by atoms with Gasteiger partial charge in [0.1, 0.15) is 39.4 Å². The summed E-state index contributed by atoms with van der Waals surface area (Å²) in [7, 11) is 4.20. The molecule has 0 saturated heterocycles. The minimum absolute atomic E-state index is 0.0274. The second-order valence-electron chi connectivity index (χ2n) is 5.26. The Labute approximate surface area is 163 Å². The highest BCUT2D eigenvalue weighted by Gasteiger charge is 2.15. The van der Waals surface area contributed by atoms with Crippen LogP contribution in [0.15, 0.2) is 44.9 Å². The van der Waals surface area contributed by atoms with Crippen LogP contribution in [0.5, 0.6) is 0 Å². The summed E-state index contributed by atoms with van der Waals surface area (Å²) in [4.78, 5) is 31.0. The van der Waals surface area contributed by atoms with Crippen molar-refractivity contribution in [2.75, 3.05) is 21.3 Å². The minimum Gasteiger partial charge on any atom is -0.404 e. The molecule has 0 aromatic heterocycles. The van der Waals surface area contributed by atoms with Gasteiger partial charge in [-0.15, -0.1) is 0 Å². The van der Waals surface area contributed by atoms with E-state index >= 15 is 0 Å². The lowest BCUT2D eigenvalue weighted by molar-refractivity contribution is -0.133. The van der Waals surface area contributed by atoms with Crippen LogP contribution in [0.25, 0.3) is 0 Å². The van der Waals surface area contributed by atoms with Gasteiger partial charge in [0.2, 0.25) is 0 Å². The summed E-state index contributed by atoms with van der Waals surface area (Å²) in [5.74, 6) is -0.492. The zero-order chi connectivity index (χ0) is 20.9. The van der Waals surface area contributed by atoms with Gasteiger partial charge < -0.3 is 24.1 Å². The fraction of sp³-hybridized carbons (Fsp3) is 0.389. The maximum Gasteiger partial charge on any atom is 0.309 e. The Bertz CT molecular complexity index is 786. The summed E-state index contributed by atoms with van der Waals surface area (Å²) in [6.07, 6.45) is 0. The topological polar surface area (TPSA) is 113 Å². The molecule has 0 heterocycles. The van der Waals surface area contributed by atoms with Crippen molar-refractivity contribution < 1.29 is 28.9 Å². The van der Waals surface area contributed by atoms with Crippen LogP contribution in [0.1, 0.15) is 31.9 Å². The van der Waals surface area contributed by atoms with Crippen molar-refractivity contribution in [3.63, 3.8) is 0 Å². The molecule has 1 aromatic rings. The van der Waals surface area contributed by atoms with E-state index in [2.05, 4.69) is 20.6 Å². The average molecular weight is 392 g/mol. The summed E-state index contributed by atoms with van der Waals surface area (Å²) < 4.78 is 5.10. The number of ether oxygens (including phenoxy) is 1. The Morgan fingerprint density at radius 1 is 0.857 bits per heavy atom. The Hall–Kier alpha value is -3.43. The zero-order valence-electron chi connectivity index (χ0n) is 16.8. The van der Waals surface area contributed by atoms with Gasteiger partial charge in [0.15, 0.2) is 5.71 Å². The first-order valence-corrected chi connectivity index (χ1v) is 8.18. The van der Waals surface area contributed by atoms with Crippen molar-refractivity contribution in [2.45, 2.75) is 27.4 Å². The van der Waals surface area contributed by atoms with Crippen molar-refractivity contribution >= 4 is 29.0 Å². The highest BCUT2D eigenvalue weighted by molar-refractivity contribution is 6.67. The predicted octanol–water partition coefficient (Wildman–Crippen LogP) is 2.47. The molecule has 0 unspecified atom stereocenters. The standard InChI is InChI=1S/C18H24N4O6/c1-12(19-24-4)17(21-25-5)13(2)20-27-11-15-9-7-8-10-16(15)18(22-26-6)28-14(3)23/h7-10H,11H2,1-6H3. The quantitative estimate of drug-likeness (QED) is 0.276. The molecule has 0 spiro atoms. The Kier molecular flexibility index (Phi) is 9.73. The molecule has 0 bridgehead atoms. The number of rotatable bonds is 9. The lowest BCUT2D eigenvalue weighted by Crippen LogP contribution is -2.21. The molecule has 0 atom stereocenters. The van der Waals surface area contributed by atoms with E-state index in [4.69, 9.17) is 24.1 Å². The fourth-order valence-corrected chi connectivity index (χ4v) is 2.10. The Balaban J connectivity index is 3.03. The normalized spacial score (nSPS) is 13.1. The van der Waals surface area contributed by atoms with E-state index < -0.39 is 5.97 Å². The monoisotopic (exact) mass is 392 g/mol. The third kappa shape index (κ3) is 7.06. The summed E-state index contributed by atoms with van der Waals surface area (Å²) in [5.41, 5.74) is 2.50. The third-order valence-electron chi connectivity index (χ3n) is 3.18. The van der Waals surface area contributed by atoms with Crippen molar-refractivity contribution in [2.24, 2.45) is 20.6 Å². The number of carbonyl (C=O) groups is 1. The molecule has 152 valence electrons. The lowest BCUT2D eigenvalue weighted by Gasteiger charge is -2.10. The first-order valence-electron chi connectivity index (χ1n) is 8.18. The molecular weight excluding hydrogens is 368 g/mol. The van der Waals surface area contributed by atoms with Gasteiger partial charge in [-0.1, -0.05) is 33.7 Å². The van der Waals surface area contributed by atoms with Gasteiger partial charge in [0.05, 0.1) is 0 Å². The molecule has 0 amide bonds. The molecule has 0 N–H and O–H groups in total. The number of hydrogen-bond donors (Lipinski definition) is 0. The largest absolute Gasteiger partial charge is 0.404 e. The van der Waals surface area contributed by atoms with Gasteiger partial charge in [0, 0.05) is 18.1 Å². The van der Waals surface area contributed by atoms with Gasteiger partial charge in [-0.25, -0.2) is 0 Å². The van der Waals surface area contributed by atoms with Crippen LogP contribution in [0.3, 0.4) is 0 Å². The lowest BCUT2D eigenvalue weighted by atomic mass is 10.1. The van der Waals surface area contributed by atoms with Gasteiger partial charge in [0.25, 0.3) is 5.90 Å². The highest BCUT2D eigenvalue weighted by Crippen LogP contribution is 2.13. The van der Waals surface area contributed by atoms with Crippen LogP contribution in [-0.2, 0) is 35.5 Å². The van der Waals surface area contributed by atoms with E-state index in [0.717, 1.165) is 0 Å². The number of esters is 1. The third-order valence-corrected chi connectivity index (χ3v) is 3.18. The molecule has 0 fully saturated rings. The van der Waals surface area contributed by atoms with E-state index in [-0.39, 0.29) is 12.5 Å². The van der Waals surface area contributed by atoms with E-state index in [1.807, 2.05) is 6.07 Å². The van der Waals surface area contributed by atoms with Crippen LogP contribution in [0, 0.1) is 0 Å². The fourth-order valence-electron chi connectivity index (χ4n) is 2.10. The molecule has 28 heavy (non-hydrogen) atoms. The molecule has 0 saturated carbocycles. The van der Waals surface area contributed by atoms with E-state index in [1.165, 1.54) is 28.3 Å². The van der Waals surface area contributed by atoms with Crippen LogP contribution in [0.2, 0.25) is 0 Å². The van der Waals surface area contributed by atoms with Crippen LogP contribution < -0.4 is 0 Å². The second kappa shape index (κ2) is 12.0. The number of carbonyl (C=O) groups excluding carboxylic acids is 1. The molecular formula is C18H24N4O6. The second-order valence-corrected chi connectivity index (χ2v) is 5.26. The molecule has 0 aliphatic rings. The molecule has 10 nitrogen and oxygen atoms in total. The maximum atomic E-state index is 11.3. The van der Waals surface area contributed by atoms with Crippen molar-refractivity contribution in [1.29, 1.82) is 0 Å². The van der Waals surface area contributed by atoms with Crippen molar-refractivity contribution in [1.82, 2.24) is 0 Å². The Morgan fingerprint density at radius 3 is 2.07 bits per heavy atom. The van der Waals surface area contributed by atoms with Gasteiger partial charge in [-0.3, -0.25) is 4.79 Å². The summed E-state index contributed by atoms with van der Waals surface area (Å²) >= 11 is 0. The average Bonchev–Trinajstić information content (AvgIpc) is 2.66. The zero-order valence-corrected chi connectivity index (χ0v) is 16.8. The highest BCUT2D eigenvalue weighted by atomic mass is 16.6. The van der Waals surface area contributed by atoms with Crippen LogP contribution >= 0.6 is 0 Å². The predicted molar refractivity (Wildman–Crippen MR) is 104 cm³/mol. The number of hydrogen-bond acceptors (Lipinski definition) is 10. The van der Waals surface area contributed by atoms with E-state index in [0.29, 0.717) is 28.3 Å². The number of nitrogens with zero attached hydrogens (tertiary/aromatic N) is 4. The molecule has 0 aliphatic heterocycles. The first kappa shape index (κ1) is 22.6. The van der Waals surface area contributed by atoms with Crippen LogP contribution in [-0.4, -0.2) is 50.3 Å².